The lowest BCUT2D eigenvalue weighted by molar-refractivity contribution is -0.121. The summed E-state index contributed by atoms with van der Waals surface area (Å²) < 4.78 is 19.8. The molecule has 0 fully saturated rings. The van der Waals surface area contributed by atoms with Crippen molar-refractivity contribution in [2.45, 2.75) is 31.7 Å². The number of amides is 2. The van der Waals surface area contributed by atoms with Gasteiger partial charge >= 0.3 is 12.1 Å². The molecule has 0 radical (unpaired) electrons. The maximum Gasteiger partial charge on any atom is 0.408 e. The topological polar surface area (TPSA) is 105 Å². The molecule has 0 aliphatic heterocycles. The fourth-order valence-corrected chi connectivity index (χ4v) is 4.25. The van der Waals surface area contributed by atoms with Gasteiger partial charge in [0.25, 0.3) is 0 Å². The standard InChI is InChI=1S/C27H25FN2O5/c1-3-27(2,25(33)29-23-20(24(31)32)13-8-14-22(23)28)30-26(34)35-15-21-18-11-6-4-9-16(18)17-10-5-7-12-19(17)21/h4-14,21H,3,15H2,1-2H3,(H,29,33)(H,30,34)(H,31,32). The van der Waals surface area contributed by atoms with Gasteiger partial charge in [0.2, 0.25) is 5.91 Å². The van der Waals surface area contributed by atoms with Crippen molar-refractivity contribution in [2.75, 3.05) is 11.9 Å². The predicted molar refractivity (Wildman–Crippen MR) is 129 cm³/mol. The number of carbonyl (C=O) groups excluding carboxylic acids is 2. The minimum absolute atomic E-state index is 0.0672. The van der Waals surface area contributed by atoms with E-state index in [0.717, 1.165) is 28.3 Å². The summed E-state index contributed by atoms with van der Waals surface area (Å²) in [5, 5.41) is 14.2. The molecule has 0 heterocycles. The van der Waals surface area contributed by atoms with Gasteiger partial charge in [-0.25, -0.2) is 14.0 Å². The smallest absolute Gasteiger partial charge is 0.408 e. The number of nitrogens with one attached hydrogen (secondary N) is 2. The minimum atomic E-state index is -1.47. The quantitative estimate of drug-likeness (QED) is 0.436. The molecule has 1 aliphatic rings. The van der Waals surface area contributed by atoms with Crippen LogP contribution in [0.4, 0.5) is 14.9 Å². The molecule has 3 N–H and O–H groups in total. The predicted octanol–water partition coefficient (Wildman–Crippen LogP) is 5.17. The second kappa shape index (κ2) is 9.58. The van der Waals surface area contributed by atoms with Crippen LogP contribution in [0.25, 0.3) is 11.1 Å². The molecule has 0 saturated heterocycles. The number of anilines is 1. The van der Waals surface area contributed by atoms with Crippen LogP contribution in [-0.4, -0.2) is 35.2 Å². The number of hydrogen-bond acceptors (Lipinski definition) is 4. The van der Waals surface area contributed by atoms with Crippen molar-refractivity contribution in [1.82, 2.24) is 5.32 Å². The molecule has 0 bridgehead atoms. The Labute approximate surface area is 201 Å². The Kier molecular flexibility index (Phi) is 6.55. The van der Waals surface area contributed by atoms with Crippen LogP contribution < -0.4 is 10.6 Å². The second-order valence-electron chi connectivity index (χ2n) is 8.56. The maximum absolute atomic E-state index is 14.3. The summed E-state index contributed by atoms with van der Waals surface area (Å²) in [4.78, 5) is 37.1. The van der Waals surface area contributed by atoms with Crippen LogP contribution in [-0.2, 0) is 9.53 Å². The Morgan fingerprint density at radius 2 is 1.57 bits per heavy atom. The number of carboxylic acids is 1. The highest BCUT2D eigenvalue weighted by molar-refractivity contribution is 6.04. The molecule has 3 aromatic carbocycles. The van der Waals surface area contributed by atoms with E-state index in [2.05, 4.69) is 10.6 Å². The Hall–Kier alpha value is -4.20. The molecule has 35 heavy (non-hydrogen) atoms. The number of ether oxygens (including phenoxy) is 1. The van der Waals surface area contributed by atoms with Gasteiger partial charge < -0.3 is 20.5 Å². The molecule has 4 rings (SSSR count). The van der Waals surface area contributed by atoms with E-state index in [1.807, 2.05) is 48.5 Å². The molecule has 0 spiro atoms. The number of rotatable bonds is 7. The van der Waals surface area contributed by atoms with E-state index in [9.17, 15) is 23.9 Å². The lowest BCUT2D eigenvalue weighted by Gasteiger charge is -2.28. The number of carbonyl (C=O) groups is 3. The first kappa shape index (κ1) is 23.9. The average Bonchev–Trinajstić information content (AvgIpc) is 3.17. The first-order valence-electron chi connectivity index (χ1n) is 11.2. The fourth-order valence-electron chi connectivity index (χ4n) is 4.25. The molecule has 1 unspecified atom stereocenters. The number of benzene rings is 3. The van der Waals surface area contributed by atoms with Crippen molar-refractivity contribution in [3.63, 3.8) is 0 Å². The van der Waals surface area contributed by atoms with Gasteiger partial charge in [0.1, 0.15) is 18.0 Å². The monoisotopic (exact) mass is 476 g/mol. The summed E-state index contributed by atoms with van der Waals surface area (Å²) in [7, 11) is 0. The minimum Gasteiger partial charge on any atom is -0.478 e. The lowest BCUT2D eigenvalue weighted by Crippen LogP contribution is -2.54. The number of aromatic carboxylic acids is 1. The van der Waals surface area contributed by atoms with Crippen molar-refractivity contribution in [3.05, 3.63) is 89.2 Å². The van der Waals surface area contributed by atoms with Gasteiger partial charge in [0, 0.05) is 5.92 Å². The fraction of sp³-hybridized carbons (Fsp3) is 0.222. The van der Waals surface area contributed by atoms with Gasteiger partial charge in [-0.1, -0.05) is 61.5 Å². The van der Waals surface area contributed by atoms with Gasteiger partial charge in [0.15, 0.2) is 0 Å². The molecule has 1 aliphatic carbocycles. The Morgan fingerprint density at radius 1 is 0.971 bits per heavy atom. The van der Waals surface area contributed by atoms with Gasteiger partial charge in [-0.15, -0.1) is 0 Å². The van der Waals surface area contributed by atoms with E-state index in [-0.39, 0.29) is 18.9 Å². The van der Waals surface area contributed by atoms with Gasteiger partial charge in [-0.2, -0.15) is 0 Å². The highest BCUT2D eigenvalue weighted by Gasteiger charge is 2.36. The van der Waals surface area contributed by atoms with Crippen LogP contribution in [0.1, 0.15) is 47.7 Å². The summed E-state index contributed by atoms with van der Waals surface area (Å²) >= 11 is 0. The molecular weight excluding hydrogens is 451 g/mol. The molecule has 0 saturated carbocycles. The Balaban J connectivity index is 1.47. The van der Waals surface area contributed by atoms with Crippen LogP contribution in [0.2, 0.25) is 0 Å². The number of fused-ring (bicyclic) bond motifs is 3. The molecule has 7 nitrogen and oxygen atoms in total. The lowest BCUT2D eigenvalue weighted by atomic mass is 9.97. The van der Waals surface area contributed by atoms with Gasteiger partial charge in [-0.3, -0.25) is 4.79 Å². The number of alkyl carbamates (subject to hydrolysis) is 1. The average molecular weight is 477 g/mol. The SMILES string of the molecule is CCC(C)(NC(=O)OCC1c2ccccc2-c2ccccc21)C(=O)Nc1c(F)cccc1C(=O)O. The molecule has 2 amide bonds. The van der Waals surface area contributed by atoms with Crippen LogP contribution in [0.15, 0.2) is 66.7 Å². The summed E-state index contributed by atoms with van der Waals surface area (Å²) in [5.74, 6) is -3.19. The number of para-hydroxylation sites is 1. The zero-order valence-corrected chi connectivity index (χ0v) is 19.3. The zero-order chi connectivity index (χ0) is 25.2. The van der Waals surface area contributed by atoms with Gasteiger partial charge in [0.05, 0.1) is 11.3 Å². The summed E-state index contributed by atoms with van der Waals surface area (Å²) in [6, 6.07) is 19.3. The van der Waals surface area contributed by atoms with E-state index in [1.54, 1.807) is 6.92 Å². The van der Waals surface area contributed by atoms with E-state index >= 15 is 0 Å². The number of hydrogen-bond donors (Lipinski definition) is 3. The van der Waals surface area contributed by atoms with E-state index in [1.165, 1.54) is 19.1 Å². The first-order chi connectivity index (χ1) is 16.7. The third-order valence-electron chi connectivity index (χ3n) is 6.41. The van der Waals surface area contributed by atoms with E-state index in [0.29, 0.717) is 0 Å². The number of halogens is 1. The van der Waals surface area contributed by atoms with E-state index < -0.39 is 40.6 Å². The molecular formula is C27H25FN2O5. The Morgan fingerprint density at radius 3 is 2.14 bits per heavy atom. The van der Waals surface area contributed by atoms with Crippen LogP contribution in [0, 0.1) is 5.82 Å². The third-order valence-corrected chi connectivity index (χ3v) is 6.41. The summed E-state index contributed by atoms with van der Waals surface area (Å²) in [6.07, 6.45) is -0.654. The normalized spacial score (nSPS) is 13.8. The summed E-state index contributed by atoms with van der Waals surface area (Å²) in [5.41, 5.74) is 1.97. The van der Waals surface area contributed by atoms with Gasteiger partial charge in [-0.05, 0) is 47.7 Å². The van der Waals surface area contributed by atoms with Crippen molar-refractivity contribution < 1.29 is 28.6 Å². The molecule has 180 valence electrons. The second-order valence-corrected chi connectivity index (χ2v) is 8.56. The molecule has 0 aromatic heterocycles. The highest BCUT2D eigenvalue weighted by atomic mass is 19.1. The number of carboxylic acid groups (broad SMARTS) is 1. The first-order valence-corrected chi connectivity index (χ1v) is 11.2. The molecule has 8 heteroatoms. The van der Waals surface area contributed by atoms with Crippen molar-refractivity contribution in [2.24, 2.45) is 0 Å². The van der Waals surface area contributed by atoms with Crippen molar-refractivity contribution in [1.29, 1.82) is 0 Å². The van der Waals surface area contributed by atoms with Crippen molar-refractivity contribution >= 4 is 23.7 Å². The molecule has 3 aromatic rings. The van der Waals surface area contributed by atoms with Crippen LogP contribution >= 0.6 is 0 Å². The summed E-state index contributed by atoms with van der Waals surface area (Å²) in [6.45, 7) is 3.20. The van der Waals surface area contributed by atoms with E-state index in [4.69, 9.17) is 4.74 Å². The zero-order valence-electron chi connectivity index (χ0n) is 19.3. The third kappa shape index (κ3) is 4.59. The maximum atomic E-state index is 14.3. The highest BCUT2D eigenvalue weighted by Crippen LogP contribution is 2.44. The van der Waals surface area contributed by atoms with Crippen molar-refractivity contribution in [3.8, 4) is 11.1 Å². The Bertz CT molecular complexity index is 1260. The molecule has 1 atom stereocenters. The van der Waals surface area contributed by atoms with Crippen LogP contribution in [0.3, 0.4) is 0 Å². The largest absolute Gasteiger partial charge is 0.478 e. The van der Waals surface area contributed by atoms with Crippen LogP contribution in [0.5, 0.6) is 0 Å².